The van der Waals surface area contributed by atoms with Crippen molar-refractivity contribution in [2.75, 3.05) is 16.6 Å². The summed E-state index contributed by atoms with van der Waals surface area (Å²) >= 11 is 0. The van der Waals surface area contributed by atoms with E-state index in [4.69, 9.17) is 5.73 Å². The van der Waals surface area contributed by atoms with Crippen LogP contribution >= 0.6 is 0 Å². The lowest BCUT2D eigenvalue weighted by Gasteiger charge is -2.22. The molecule has 6 nitrogen and oxygen atoms in total. The van der Waals surface area contributed by atoms with Crippen molar-refractivity contribution in [3.05, 3.63) is 42.6 Å². The first kappa shape index (κ1) is 14.1. The highest BCUT2D eigenvalue weighted by atomic mass is 32.2. The highest BCUT2D eigenvalue weighted by Crippen LogP contribution is 2.26. The quantitative estimate of drug-likeness (QED) is 0.892. The number of phenols is 1. The number of phenolic OH excluding ortho intramolecular Hbond substituents is 1. The van der Waals surface area contributed by atoms with Crippen molar-refractivity contribution in [2.45, 2.75) is 11.8 Å². The number of sulfonamides is 1. The smallest absolute Gasteiger partial charge is 0.265 e. The molecule has 1 heterocycles. The normalized spacial score (nSPS) is 11.2. The Morgan fingerprint density at radius 2 is 2.05 bits per heavy atom. The predicted molar refractivity (Wildman–Crippen MR) is 77.0 cm³/mol. The first-order valence-corrected chi connectivity index (χ1v) is 7.42. The number of nitrogen functional groups attached to an aromatic ring is 1. The topological polar surface area (TPSA) is 96.5 Å². The van der Waals surface area contributed by atoms with E-state index in [1.54, 1.807) is 19.1 Å². The average molecular weight is 293 g/mol. The minimum absolute atomic E-state index is 0.00609. The van der Waals surface area contributed by atoms with E-state index in [1.807, 2.05) is 0 Å². The molecule has 2 aromatic rings. The predicted octanol–water partition coefficient (Wildman–Crippen LogP) is 1.58. The number of hydrogen-bond donors (Lipinski definition) is 2. The third-order valence-corrected chi connectivity index (χ3v) is 4.64. The van der Waals surface area contributed by atoms with Gasteiger partial charge in [0, 0.05) is 18.8 Å². The molecule has 0 radical (unpaired) electrons. The Labute approximate surface area is 117 Å². The second-order valence-corrected chi connectivity index (χ2v) is 5.97. The van der Waals surface area contributed by atoms with Crippen LogP contribution in [0.15, 0.2) is 47.5 Å². The number of aromatic nitrogens is 1. The molecule has 0 atom stereocenters. The number of pyridine rings is 1. The van der Waals surface area contributed by atoms with Crippen LogP contribution in [-0.2, 0) is 10.0 Å². The van der Waals surface area contributed by atoms with Gasteiger partial charge in [0.15, 0.2) is 0 Å². The van der Waals surface area contributed by atoms with Gasteiger partial charge in [-0.15, -0.1) is 0 Å². The maximum Gasteiger partial charge on any atom is 0.265 e. The van der Waals surface area contributed by atoms with Gasteiger partial charge in [-0.25, -0.2) is 13.4 Å². The van der Waals surface area contributed by atoms with E-state index in [9.17, 15) is 13.5 Å². The molecule has 0 bridgehead atoms. The van der Waals surface area contributed by atoms with Crippen LogP contribution in [0.5, 0.6) is 5.75 Å². The molecule has 106 valence electrons. The maximum atomic E-state index is 12.5. The molecule has 0 fully saturated rings. The van der Waals surface area contributed by atoms with E-state index in [-0.39, 0.29) is 23.0 Å². The summed E-state index contributed by atoms with van der Waals surface area (Å²) in [5.41, 5.74) is 5.85. The van der Waals surface area contributed by atoms with Crippen LogP contribution in [0, 0.1) is 0 Å². The summed E-state index contributed by atoms with van der Waals surface area (Å²) in [6, 6.07) is 8.92. The van der Waals surface area contributed by atoms with E-state index >= 15 is 0 Å². The van der Waals surface area contributed by atoms with Crippen molar-refractivity contribution in [2.24, 2.45) is 0 Å². The molecule has 20 heavy (non-hydrogen) atoms. The molecule has 1 aromatic heterocycles. The van der Waals surface area contributed by atoms with E-state index in [0.29, 0.717) is 5.69 Å². The van der Waals surface area contributed by atoms with Crippen molar-refractivity contribution in [1.29, 1.82) is 0 Å². The van der Waals surface area contributed by atoms with Gasteiger partial charge in [0.05, 0.1) is 5.69 Å². The lowest BCUT2D eigenvalue weighted by Crippen LogP contribution is -2.30. The van der Waals surface area contributed by atoms with Crippen LogP contribution in [0.3, 0.4) is 0 Å². The second-order valence-electron chi connectivity index (χ2n) is 4.11. The van der Waals surface area contributed by atoms with Crippen LogP contribution in [0.25, 0.3) is 0 Å². The van der Waals surface area contributed by atoms with Crippen LogP contribution in [0.1, 0.15) is 6.92 Å². The standard InChI is InChI=1S/C13H15N3O3S/c1-2-16(10-4-3-5-11(17)8-10)20(18,19)12-6-7-13(14)15-9-12/h3-9,17H,2H2,1H3,(H2,14,15). The molecule has 0 aliphatic carbocycles. The molecule has 0 aliphatic rings. The summed E-state index contributed by atoms with van der Waals surface area (Å²) in [6.45, 7) is 1.95. The Kier molecular flexibility index (Phi) is 3.80. The lowest BCUT2D eigenvalue weighted by molar-refractivity contribution is 0.475. The molecular weight excluding hydrogens is 278 g/mol. The Morgan fingerprint density at radius 1 is 1.30 bits per heavy atom. The SMILES string of the molecule is CCN(c1cccc(O)c1)S(=O)(=O)c1ccc(N)nc1. The Morgan fingerprint density at radius 3 is 2.60 bits per heavy atom. The summed E-state index contributed by atoms with van der Waals surface area (Å²) in [5.74, 6) is 0.260. The zero-order chi connectivity index (χ0) is 14.8. The van der Waals surface area contributed by atoms with Crippen molar-refractivity contribution in [3.63, 3.8) is 0 Å². The maximum absolute atomic E-state index is 12.5. The summed E-state index contributed by atoms with van der Waals surface area (Å²) in [6.07, 6.45) is 1.22. The fourth-order valence-corrected chi connectivity index (χ4v) is 3.22. The number of hydrogen-bond acceptors (Lipinski definition) is 5. The molecule has 0 amide bonds. The molecule has 0 unspecified atom stereocenters. The molecule has 7 heteroatoms. The van der Waals surface area contributed by atoms with Gasteiger partial charge in [-0.2, -0.15) is 0 Å². The van der Waals surface area contributed by atoms with Crippen LogP contribution < -0.4 is 10.0 Å². The van der Waals surface area contributed by atoms with Crippen LogP contribution in [0.2, 0.25) is 0 Å². The van der Waals surface area contributed by atoms with Gasteiger partial charge in [-0.3, -0.25) is 4.31 Å². The fraction of sp³-hybridized carbons (Fsp3) is 0.154. The molecule has 3 N–H and O–H groups in total. The molecular formula is C13H15N3O3S. The van der Waals surface area contributed by atoms with Crippen molar-refractivity contribution in [1.82, 2.24) is 4.98 Å². The zero-order valence-corrected chi connectivity index (χ0v) is 11.7. The van der Waals surface area contributed by atoms with Crippen molar-refractivity contribution in [3.8, 4) is 5.75 Å². The summed E-state index contributed by atoms with van der Waals surface area (Å²) in [4.78, 5) is 3.85. The highest BCUT2D eigenvalue weighted by molar-refractivity contribution is 7.92. The molecule has 0 aliphatic heterocycles. The largest absolute Gasteiger partial charge is 0.508 e. The first-order valence-electron chi connectivity index (χ1n) is 5.98. The number of benzene rings is 1. The lowest BCUT2D eigenvalue weighted by atomic mass is 10.3. The Bertz CT molecular complexity index is 699. The minimum Gasteiger partial charge on any atom is -0.508 e. The highest BCUT2D eigenvalue weighted by Gasteiger charge is 2.24. The van der Waals surface area contributed by atoms with Crippen molar-refractivity contribution < 1.29 is 13.5 Å². The van der Waals surface area contributed by atoms with Gasteiger partial charge in [0.1, 0.15) is 16.5 Å². The first-order chi connectivity index (χ1) is 9.45. The zero-order valence-electron chi connectivity index (χ0n) is 10.9. The van der Waals surface area contributed by atoms with Gasteiger partial charge in [0.2, 0.25) is 0 Å². The Balaban J connectivity index is 2.47. The third kappa shape index (κ3) is 2.67. The number of nitrogens with two attached hydrogens (primary N) is 1. The number of nitrogens with zero attached hydrogens (tertiary/aromatic N) is 2. The van der Waals surface area contributed by atoms with Gasteiger partial charge < -0.3 is 10.8 Å². The summed E-state index contributed by atoms with van der Waals surface area (Å²) < 4.78 is 26.3. The molecule has 0 saturated heterocycles. The van der Waals surface area contributed by atoms with E-state index < -0.39 is 10.0 Å². The van der Waals surface area contributed by atoms with Crippen molar-refractivity contribution >= 4 is 21.5 Å². The van der Waals surface area contributed by atoms with Gasteiger partial charge in [-0.1, -0.05) is 6.07 Å². The minimum atomic E-state index is -3.73. The average Bonchev–Trinajstić information content (AvgIpc) is 2.40. The second kappa shape index (κ2) is 5.38. The van der Waals surface area contributed by atoms with Crippen LogP contribution in [0.4, 0.5) is 11.5 Å². The number of aromatic hydroxyl groups is 1. The van der Waals surface area contributed by atoms with Gasteiger partial charge in [0.25, 0.3) is 10.0 Å². The summed E-state index contributed by atoms with van der Waals surface area (Å²) in [7, 11) is -3.73. The van der Waals surface area contributed by atoms with Gasteiger partial charge >= 0.3 is 0 Å². The number of rotatable bonds is 4. The number of anilines is 2. The van der Waals surface area contributed by atoms with E-state index in [0.717, 1.165) is 0 Å². The van der Waals surface area contributed by atoms with E-state index in [2.05, 4.69) is 4.98 Å². The monoisotopic (exact) mass is 293 g/mol. The third-order valence-electron chi connectivity index (χ3n) is 2.75. The van der Waals surface area contributed by atoms with E-state index in [1.165, 1.54) is 34.8 Å². The molecule has 0 spiro atoms. The van der Waals surface area contributed by atoms with Gasteiger partial charge in [-0.05, 0) is 31.2 Å². The summed E-state index contributed by atoms with van der Waals surface area (Å²) in [5, 5.41) is 9.48. The Hall–Kier alpha value is -2.28. The molecule has 2 rings (SSSR count). The van der Waals surface area contributed by atoms with Crippen LogP contribution in [-0.4, -0.2) is 25.1 Å². The molecule has 1 aromatic carbocycles. The molecule has 0 saturated carbocycles. The fourth-order valence-electron chi connectivity index (χ4n) is 1.81.